The van der Waals surface area contributed by atoms with Crippen molar-refractivity contribution in [1.82, 2.24) is 25.3 Å². The maximum absolute atomic E-state index is 4.49. The van der Waals surface area contributed by atoms with E-state index in [1.165, 1.54) is 11.1 Å². The summed E-state index contributed by atoms with van der Waals surface area (Å²) in [5, 5.41) is 11.5. The minimum absolute atomic E-state index is 0. The molecule has 2 N–H and O–H groups in total. The van der Waals surface area contributed by atoms with Gasteiger partial charge in [-0.25, -0.2) is 0 Å². The Balaban J connectivity index is 0.00000289. The molecule has 2 unspecified atom stereocenters. The van der Waals surface area contributed by atoms with Crippen LogP contribution in [0.4, 0.5) is 0 Å². The van der Waals surface area contributed by atoms with Crippen LogP contribution in [0.15, 0.2) is 78.0 Å². The van der Waals surface area contributed by atoms with Gasteiger partial charge in [0.25, 0.3) is 0 Å². The quantitative estimate of drug-likeness (QED) is 0.270. The fraction of sp³-hybridized carbons (Fsp3) is 0.360. The molecule has 0 saturated carbocycles. The lowest BCUT2D eigenvalue weighted by molar-refractivity contribution is 0.258. The fourth-order valence-electron chi connectivity index (χ4n) is 4.17. The second-order valence-electron chi connectivity index (χ2n) is 8.30. The Morgan fingerprint density at radius 2 is 1.66 bits per heavy atom. The van der Waals surface area contributed by atoms with Crippen molar-refractivity contribution in [2.24, 2.45) is 4.99 Å². The molecule has 4 rings (SSSR count). The summed E-state index contributed by atoms with van der Waals surface area (Å²) in [6.07, 6.45) is 5.12. The summed E-state index contributed by atoms with van der Waals surface area (Å²) >= 11 is 0. The molecule has 170 valence electrons. The van der Waals surface area contributed by atoms with Gasteiger partial charge in [0, 0.05) is 50.5 Å². The van der Waals surface area contributed by atoms with Crippen LogP contribution >= 0.6 is 24.0 Å². The maximum atomic E-state index is 4.49. The molecule has 1 fully saturated rings. The summed E-state index contributed by atoms with van der Waals surface area (Å²) in [4.78, 5) is 6.96. The number of nitrogens with one attached hydrogen (secondary N) is 2. The van der Waals surface area contributed by atoms with Crippen LogP contribution < -0.4 is 10.6 Å². The van der Waals surface area contributed by atoms with Crippen LogP contribution in [0, 0.1) is 0 Å². The Hall–Kier alpha value is -2.39. The molecule has 1 aliphatic heterocycles. The van der Waals surface area contributed by atoms with E-state index in [0.717, 1.165) is 37.6 Å². The molecule has 2 atom stereocenters. The topological polar surface area (TPSA) is 57.5 Å². The SMILES string of the molecule is CN=C(NCc1cnn(Cc2ccccc2)c1)NC1CC(C)N(Cc2ccccc2)C1.I. The van der Waals surface area contributed by atoms with Crippen LogP contribution in [0.2, 0.25) is 0 Å². The first kappa shape index (κ1) is 24.3. The van der Waals surface area contributed by atoms with Gasteiger partial charge in [0.1, 0.15) is 0 Å². The minimum Gasteiger partial charge on any atom is -0.352 e. The Bertz CT molecular complexity index is 972. The molecule has 1 aromatic heterocycles. The van der Waals surface area contributed by atoms with E-state index in [9.17, 15) is 0 Å². The van der Waals surface area contributed by atoms with Gasteiger partial charge in [-0.15, -0.1) is 24.0 Å². The molecular formula is C25H33IN6. The third-order valence-electron chi connectivity index (χ3n) is 5.83. The van der Waals surface area contributed by atoms with E-state index < -0.39 is 0 Å². The largest absolute Gasteiger partial charge is 0.352 e. The Kier molecular flexibility index (Phi) is 9.11. The number of halogens is 1. The predicted molar refractivity (Wildman–Crippen MR) is 141 cm³/mol. The number of hydrogen-bond donors (Lipinski definition) is 2. The highest BCUT2D eigenvalue weighted by Crippen LogP contribution is 2.20. The smallest absolute Gasteiger partial charge is 0.191 e. The van der Waals surface area contributed by atoms with E-state index in [0.29, 0.717) is 18.6 Å². The van der Waals surface area contributed by atoms with Gasteiger partial charge < -0.3 is 10.6 Å². The van der Waals surface area contributed by atoms with Gasteiger partial charge in [0.2, 0.25) is 0 Å². The molecule has 3 aromatic rings. The number of rotatable bonds is 7. The second kappa shape index (κ2) is 12.0. The molecule has 1 saturated heterocycles. The van der Waals surface area contributed by atoms with Crippen molar-refractivity contribution in [3.8, 4) is 0 Å². The molecule has 7 heteroatoms. The predicted octanol–water partition coefficient (Wildman–Crippen LogP) is 3.88. The Morgan fingerprint density at radius 1 is 1.00 bits per heavy atom. The van der Waals surface area contributed by atoms with E-state index in [-0.39, 0.29) is 24.0 Å². The van der Waals surface area contributed by atoms with Crippen molar-refractivity contribution in [3.05, 3.63) is 89.7 Å². The molecule has 6 nitrogen and oxygen atoms in total. The standard InChI is InChI=1S/C25H32N6.HI/c1-20-13-24(19-30(20)16-21-9-5-3-6-10-21)29-25(26-2)27-14-23-15-28-31(18-23)17-22-11-7-4-8-12-22;/h3-12,15,18,20,24H,13-14,16-17,19H2,1-2H3,(H2,26,27,29);1H. The highest BCUT2D eigenvalue weighted by atomic mass is 127. The molecule has 0 radical (unpaired) electrons. The number of hydrogen-bond acceptors (Lipinski definition) is 3. The molecule has 2 heterocycles. The van der Waals surface area contributed by atoms with Crippen molar-refractivity contribution < 1.29 is 0 Å². The van der Waals surface area contributed by atoms with Crippen molar-refractivity contribution in [3.63, 3.8) is 0 Å². The van der Waals surface area contributed by atoms with Gasteiger partial charge in [-0.2, -0.15) is 5.10 Å². The van der Waals surface area contributed by atoms with Gasteiger partial charge >= 0.3 is 0 Å². The number of aromatic nitrogens is 2. The van der Waals surface area contributed by atoms with E-state index in [2.05, 4.69) is 93.3 Å². The van der Waals surface area contributed by atoms with Crippen LogP contribution in [0.1, 0.15) is 30.0 Å². The van der Waals surface area contributed by atoms with Crippen molar-refractivity contribution in [1.29, 1.82) is 0 Å². The van der Waals surface area contributed by atoms with E-state index in [4.69, 9.17) is 0 Å². The Labute approximate surface area is 208 Å². The monoisotopic (exact) mass is 544 g/mol. The average molecular weight is 544 g/mol. The lowest BCUT2D eigenvalue weighted by Gasteiger charge is -2.21. The summed E-state index contributed by atoms with van der Waals surface area (Å²) in [5.74, 6) is 0.842. The lowest BCUT2D eigenvalue weighted by Crippen LogP contribution is -2.44. The van der Waals surface area contributed by atoms with Gasteiger partial charge in [0.05, 0.1) is 12.7 Å². The minimum atomic E-state index is 0. The van der Waals surface area contributed by atoms with E-state index in [1.807, 2.05) is 24.0 Å². The maximum Gasteiger partial charge on any atom is 0.191 e. The fourth-order valence-corrected chi connectivity index (χ4v) is 4.17. The van der Waals surface area contributed by atoms with Crippen LogP contribution in [-0.2, 0) is 19.6 Å². The third kappa shape index (κ3) is 6.80. The highest BCUT2D eigenvalue weighted by Gasteiger charge is 2.29. The van der Waals surface area contributed by atoms with Crippen LogP contribution in [0.25, 0.3) is 0 Å². The summed E-state index contributed by atoms with van der Waals surface area (Å²) in [5.41, 5.74) is 3.76. The summed E-state index contributed by atoms with van der Waals surface area (Å²) in [7, 11) is 1.83. The van der Waals surface area contributed by atoms with Gasteiger partial charge in [-0.3, -0.25) is 14.6 Å². The Morgan fingerprint density at radius 3 is 2.31 bits per heavy atom. The molecule has 0 spiro atoms. The van der Waals surface area contributed by atoms with Crippen LogP contribution in [-0.4, -0.2) is 46.3 Å². The van der Waals surface area contributed by atoms with Crippen LogP contribution in [0.5, 0.6) is 0 Å². The molecule has 0 aliphatic carbocycles. The summed E-state index contributed by atoms with van der Waals surface area (Å²) in [6, 6.07) is 22.0. The van der Waals surface area contributed by atoms with Crippen molar-refractivity contribution in [2.45, 2.75) is 45.1 Å². The first-order valence-corrected chi connectivity index (χ1v) is 11.0. The van der Waals surface area contributed by atoms with E-state index >= 15 is 0 Å². The van der Waals surface area contributed by atoms with Gasteiger partial charge in [-0.1, -0.05) is 60.7 Å². The van der Waals surface area contributed by atoms with Crippen LogP contribution in [0.3, 0.4) is 0 Å². The molecule has 1 aliphatic rings. The molecular weight excluding hydrogens is 511 g/mol. The third-order valence-corrected chi connectivity index (χ3v) is 5.83. The number of nitrogens with zero attached hydrogens (tertiary/aromatic N) is 4. The van der Waals surface area contributed by atoms with Gasteiger partial charge in [-0.05, 0) is 24.5 Å². The zero-order valence-corrected chi connectivity index (χ0v) is 21.1. The second-order valence-corrected chi connectivity index (χ2v) is 8.30. The molecule has 0 amide bonds. The number of aliphatic imine (C=N–C) groups is 1. The summed E-state index contributed by atoms with van der Waals surface area (Å²) in [6.45, 7) is 5.80. The number of likely N-dealkylation sites (tertiary alicyclic amines) is 1. The number of benzene rings is 2. The van der Waals surface area contributed by atoms with Crippen molar-refractivity contribution >= 4 is 29.9 Å². The highest BCUT2D eigenvalue weighted by molar-refractivity contribution is 14.0. The van der Waals surface area contributed by atoms with E-state index in [1.54, 1.807) is 0 Å². The average Bonchev–Trinajstić information content (AvgIpc) is 3.38. The lowest BCUT2D eigenvalue weighted by atomic mass is 10.2. The normalized spacial score (nSPS) is 18.9. The molecule has 32 heavy (non-hydrogen) atoms. The van der Waals surface area contributed by atoms with Crippen molar-refractivity contribution in [2.75, 3.05) is 13.6 Å². The first-order chi connectivity index (χ1) is 15.2. The van der Waals surface area contributed by atoms with Gasteiger partial charge in [0.15, 0.2) is 5.96 Å². The molecule has 0 bridgehead atoms. The summed E-state index contributed by atoms with van der Waals surface area (Å²) < 4.78 is 1.97. The number of guanidine groups is 1. The zero-order valence-electron chi connectivity index (χ0n) is 18.8. The zero-order chi connectivity index (χ0) is 21.5. The first-order valence-electron chi connectivity index (χ1n) is 11.0. The molecule has 2 aromatic carbocycles.